The molecule has 12 nitrogen and oxygen atoms in total. The summed E-state index contributed by atoms with van der Waals surface area (Å²) in [5, 5.41) is 11.0. The number of hydrogen-bond acceptors (Lipinski definition) is 8. The van der Waals surface area contributed by atoms with Gasteiger partial charge in [-0.3, -0.25) is 0 Å². The zero-order valence-electron chi connectivity index (χ0n) is 20.6. The van der Waals surface area contributed by atoms with Crippen molar-refractivity contribution in [2.24, 2.45) is 10.9 Å². The number of ether oxygens (including phenoxy) is 1. The van der Waals surface area contributed by atoms with Crippen LogP contribution in [0.4, 0.5) is 10.1 Å². The predicted octanol–water partition coefficient (Wildman–Crippen LogP) is 2.88. The summed E-state index contributed by atoms with van der Waals surface area (Å²) in [4.78, 5) is 6.07. The Hall–Kier alpha value is -3.31. The van der Waals surface area contributed by atoms with Gasteiger partial charge in [0.05, 0.1) is 32.1 Å². The molecule has 200 valence electrons. The number of halogens is 2. The molecule has 0 unspecified atom stereocenters. The topological polar surface area (TPSA) is 136 Å². The average molecular weight is 653 g/mol. The van der Waals surface area contributed by atoms with Crippen LogP contribution >= 0.6 is 22.9 Å². The lowest BCUT2D eigenvalue weighted by Gasteiger charge is -2.21. The van der Waals surface area contributed by atoms with Gasteiger partial charge in [0.25, 0.3) is 10.0 Å². The third kappa shape index (κ3) is 5.17. The van der Waals surface area contributed by atoms with Crippen LogP contribution < -0.4 is 15.5 Å². The molecule has 38 heavy (non-hydrogen) atoms. The van der Waals surface area contributed by atoms with E-state index in [4.69, 9.17) is 10.6 Å². The van der Waals surface area contributed by atoms with Crippen molar-refractivity contribution < 1.29 is 17.5 Å². The normalized spacial score (nSPS) is 14.1. The average Bonchev–Trinajstić information content (AvgIpc) is 3.50. The van der Waals surface area contributed by atoms with E-state index in [1.807, 2.05) is 16.7 Å². The maximum absolute atomic E-state index is 15.2. The number of fused-ring (bicyclic) bond motifs is 1. The van der Waals surface area contributed by atoms with Gasteiger partial charge < -0.3 is 19.9 Å². The molecular weight excluding hydrogens is 628 g/mol. The highest BCUT2D eigenvalue weighted by atomic mass is 127. The van der Waals surface area contributed by atoms with Gasteiger partial charge in [-0.05, 0) is 42.5 Å². The fourth-order valence-corrected chi connectivity index (χ4v) is 5.98. The van der Waals surface area contributed by atoms with Crippen molar-refractivity contribution in [1.82, 2.24) is 26.9 Å². The maximum atomic E-state index is 15.2. The number of anilines is 1. The molecule has 0 amide bonds. The number of benzene rings is 1. The van der Waals surface area contributed by atoms with Crippen molar-refractivity contribution in [1.29, 1.82) is 0 Å². The summed E-state index contributed by atoms with van der Waals surface area (Å²) in [7, 11) is -1.17. The van der Waals surface area contributed by atoms with E-state index in [2.05, 4.69) is 32.7 Å². The van der Waals surface area contributed by atoms with Crippen molar-refractivity contribution in [2.75, 3.05) is 19.1 Å². The van der Waals surface area contributed by atoms with Gasteiger partial charge in [0.15, 0.2) is 11.6 Å². The number of pyridine rings is 1. The van der Waals surface area contributed by atoms with Crippen molar-refractivity contribution in [3.63, 3.8) is 0 Å². The standard InChI is InChI=1S/C23H25FIN9O3S/c1-31(14-27-26)19-6-7-20(37-2)23(24)18(19)12-34(25)38(35,36)22-13-33(30-29-22)11-17-10-32-9-16(15-3-4-15)5-8-21(32)28-17/h5-10,13-15H,3-4,11-12,26H2,1-2H3/b27-14-. The Bertz CT molecular complexity index is 1620. The van der Waals surface area contributed by atoms with Gasteiger partial charge in [-0.2, -0.15) is 5.10 Å². The highest BCUT2D eigenvalue weighted by molar-refractivity contribution is 14.1. The Kier molecular flexibility index (Phi) is 7.23. The maximum Gasteiger partial charge on any atom is 0.272 e. The Morgan fingerprint density at radius 2 is 2.05 bits per heavy atom. The lowest BCUT2D eigenvalue weighted by atomic mass is 10.1. The van der Waals surface area contributed by atoms with Gasteiger partial charge in [0.1, 0.15) is 12.0 Å². The fraction of sp³-hybridized carbons (Fsp3) is 0.304. The van der Waals surface area contributed by atoms with Crippen LogP contribution in [0.5, 0.6) is 5.75 Å². The third-order valence-electron chi connectivity index (χ3n) is 6.24. The van der Waals surface area contributed by atoms with Crippen LogP contribution in [-0.2, 0) is 23.1 Å². The van der Waals surface area contributed by atoms with Gasteiger partial charge in [0, 0.05) is 53.6 Å². The number of rotatable bonds is 10. The van der Waals surface area contributed by atoms with Gasteiger partial charge in [-0.15, -0.1) is 7.62 Å². The van der Waals surface area contributed by atoms with Gasteiger partial charge in [-0.1, -0.05) is 11.3 Å². The summed E-state index contributed by atoms with van der Waals surface area (Å²) in [6, 6.07) is 7.11. The number of nitrogens with zero attached hydrogens (tertiary/aromatic N) is 8. The molecule has 2 N–H and O–H groups in total. The minimum absolute atomic E-state index is 0.0216. The molecule has 0 radical (unpaired) electrons. The van der Waals surface area contributed by atoms with E-state index in [1.54, 1.807) is 36.0 Å². The van der Waals surface area contributed by atoms with Crippen molar-refractivity contribution in [3.05, 3.63) is 65.5 Å². The summed E-state index contributed by atoms with van der Waals surface area (Å²) in [6.07, 6.45) is 9.02. The SMILES string of the molecule is COc1ccc(N(C)/C=N\N)c(CN(I)S(=O)(=O)c2cn(Cc3cn4cc(C5CC5)ccc4n3)nn2)c1F. The van der Waals surface area contributed by atoms with Gasteiger partial charge in [0.2, 0.25) is 5.03 Å². The zero-order valence-corrected chi connectivity index (χ0v) is 23.5. The van der Waals surface area contributed by atoms with E-state index >= 15 is 4.39 Å². The number of nitrogens with two attached hydrogens (primary N) is 1. The van der Waals surface area contributed by atoms with Gasteiger partial charge in [-0.25, -0.2) is 22.5 Å². The van der Waals surface area contributed by atoms with Crippen molar-refractivity contribution >= 4 is 50.6 Å². The van der Waals surface area contributed by atoms with Crippen LogP contribution in [0.25, 0.3) is 5.65 Å². The number of hydrazone groups is 1. The molecule has 5 rings (SSSR count). The van der Waals surface area contributed by atoms with Gasteiger partial charge >= 0.3 is 0 Å². The Morgan fingerprint density at radius 3 is 2.76 bits per heavy atom. The molecule has 1 aromatic carbocycles. The molecule has 15 heteroatoms. The van der Waals surface area contributed by atoms with Crippen LogP contribution in [0.3, 0.4) is 0 Å². The second-order valence-electron chi connectivity index (χ2n) is 8.89. The molecule has 1 aliphatic carbocycles. The number of sulfonamides is 1. The molecule has 3 aromatic heterocycles. The largest absolute Gasteiger partial charge is 0.494 e. The molecule has 0 spiro atoms. The first-order chi connectivity index (χ1) is 18.2. The third-order valence-corrected chi connectivity index (χ3v) is 9.51. The van der Waals surface area contributed by atoms with E-state index in [-0.39, 0.29) is 29.4 Å². The summed E-state index contributed by atoms with van der Waals surface area (Å²) in [5.41, 5.74) is 3.25. The first kappa shape index (κ1) is 26.3. The number of methoxy groups -OCH3 is 1. The van der Waals surface area contributed by atoms with E-state index in [9.17, 15) is 8.42 Å². The van der Waals surface area contributed by atoms with Crippen LogP contribution in [-0.4, -0.2) is 55.8 Å². The van der Waals surface area contributed by atoms with Crippen LogP contribution in [0.2, 0.25) is 0 Å². The Labute approximate surface area is 232 Å². The highest BCUT2D eigenvalue weighted by Gasteiger charge is 2.29. The molecule has 0 aliphatic heterocycles. The summed E-state index contributed by atoms with van der Waals surface area (Å²) < 4.78 is 51.2. The van der Waals surface area contributed by atoms with E-state index in [0.717, 1.165) is 8.17 Å². The predicted molar refractivity (Wildman–Crippen MR) is 147 cm³/mol. The number of aromatic nitrogens is 5. The quantitative estimate of drug-likeness (QED) is 0.0690. The summed E-state index contributed by atoms with van der Waals surface area (Å²) in [5.74, 6) is 5.14. The molecule has 4 aromatic rings. The highest BCUT2D eigenvalue weighted by Crippen LogP contribution is 2.40. The first-order valence-electron chi connectivity index (χ1n) is 11.6. The first-order valence-corrected chi connectivity index (χ1v) is 14.0. The summed E-state index contributed by atoms with van der Waals surface area (Å²) in [6.45, 7) is -0.0747. The number of imidazole rings is 1. The van der Waals surface area contributed by atoms with E-state index in [0.29, 0.717) is 17.3 Å². The van der Waals surface area contributed by atoms with Crippen molar-refractivity contribution in [3.8, 4) is 5.75 Å². The van der Waals surface area contributed by atoms with E-state index in [1.165, 1.54) is 53.7 Å². The minimum atomic E-state index is -4.12. The van der Waals surface area contributed by atoms with E-state index < -0.39 is 15.8 Å². The minimum Gasteiger partial charge on any atom is -0.494 e. The second kappa shape index (κ2) is 10.5. The monoisotopic (exact) mass is 653 g/mol. The fourth-order valence-electron chi connectivity index (χ4n) is 4.14. The molecular formula is C23H25FIN9O3S. The molecule has 0 atom stereocenters. The smallest absolute Gasteiger partial charge is 0.272 e. The Morgan fingerprint density at radius 1 is 1.26 bits per heavy atom. The molecule has 1 saturated carbocycles. The van der Waals surface area contributed by atoms with Crippen LogP contribution in [0, 0.1) is 5.82 Å². The number of hydrogen-bond donors (Lipinski definition) is 1. The van der Waals surface area contributed by atoms with Crippen LogP contribution in [0.1, 0.15) is 35.6 Å². The lowest BCUT2D eigenvalue weighted by Crippen LogP contribution is -2.25. The molecule has 3 heterocycles. The van der Waals surface area contributed by atoms with Crippen LogP contribution in [0.15, 0.2) is 53.0 Å². The Balaban J connectivity index is 1.36. The molecule has 0 bridgehead atoms. The summed E-state index contributed by atoms with van der Waals surface area (Å²) >= 11 is 1.62. The zero-order chi connectivity index (χ0) is 27.0. The lowest BCUT2D eigenvalue weighted by molar-refractivity contribution is 0.383. The molecule has 1 aliphatic rings. The second-order valence-corrected chi connectivity index (χ2v) is 12.5. The molecule has 0 saturated heterocycles. The van der Waals surface area contributed by atoms with Crippen molar-refractivity contribution in [2.45, 2.75) is 36.9 Å². The molecule has 1 fully saturated rings.